The lowest BCUT2D eigenvalue weighted by molar-refractivity contribution is -0.137. The number of carbonyl (C=O) groups excluding carboxylic acids is 1. The summed E-state index contributed by atoms with van der Waals surface area (Å²) in [5.41, 5.74) is -0.0143. The number of aromatic nitrogens is 1. The molecule has 0 radical (unpaired) electrons. The van der Waals surface area contributed by atoms with E-state index in [-0.39, 0.29) is 28.5 Å². The van der Waals surface area contributed by atoms with Crippen LogP contribution in [0.4, 0.5) is 8.78 Å². The van der Waals surface area contributed by atoms with Crippen LogP contribution in [0.1, 0.15) is 34.3 Å². The van der Waals surface area contributed by atoms with E-state index in [4.69, 9.17) is 9.52 Å². The summed E-state index contributed by atoms with van der Waals surface area (Å²) in [5, 5.41) is 11.6. The fourth-order valence-electron chi connectivity index (χ4n) is 2.75. The third kappa shape index (κ3) is 4.06. The molecule has 0 unspecified atom stereocenters. The number of nitrogens with zero attached hydrogens (tertiary/aromatic N) is 1. The molecule has 28 heavy (non-hydrogen) atoms. The molecule has 3 rings (SSSR count). The molecule has 2 aromatic carbocycles. The van der Waals surface area contributed by atoms with Crippen LogP contribution in [0.25, 0.3) is 11.5 Å². The van der Waals surface area contributed by atoms with Gasteiger partial charge in [0.15, 0.2) is 5.69 Å². The number of carboxylic acids is 1. The van der Waals surface area contributed by atoms with E-state index < -0.39 is 36.0 Å². The standard InChI is InChI=1S/C20H16F2N2O4/c1-11-18(24-20(28-11)13-7-3-5-9-15(13)22)19(27)23-16(10-17(25)26)12-6-2-4-8-14(12)21/h2-9,16H,10H2,1H3,(H,23,27)(H,25,26)/t16-/m0/s1. The molecule has 2 N–H and O–H groups in total. The maximum absolute atomic E-state index is 14.1. The average Bonchev–Trinajstić information content (AvgIpc) is 3.03. The van der Waals surface area contributed by atoms with Gasteiger partial charge < -0.3 is 14.8 Å². The lowest BCUT2D eigenvalue weighted by Gasteiger charge is -2.17. The molecule has 1 heterocycles. The molecule has 0 aliphatic heterocycles. The van der Waals surface area contributed by atoms with E-state index in [1.54, 1.807) is 6.07 Å². The molecule has 3 aromatic rings. The summed E-state index contributed by atoms with van der Waals surface area (Å²) < 4.78 is 33.4. The van der Waals surface area contributed by atoms with Crippen molar-refractivity contribution in [1.29, 1.82) is 0 Å². The van der Waals surface area contributed by atoms with Crippen LogP contribution >= 0.6 is 0 Å². The largest absolute Gasteiger partial charge is 0.481 e. The molecule has 0 fully saturated rings. The van der Waals surface area contributed by atoms with Gasteiger partial charge >= 0.3 is 5.97 Å². The van der Waals surface area contributed by atoms with Crippen molar-refractivity contribution in [2.24, 2.45) is 0 Å². The Labute approximate surface area is 158 Å². The van der Waals surface area contributed by atoms with Gasteiger partial charge in [0.05, 0.1) is 18.0 Å². The van der Waals surface area contributed by atoms with E-state index in [2.05, 4.69) is 10.3 Å². The summed E-state index contributed by atoms with van der Waals surface area (Å²) in [6, 6.07) is 10.2. The van der Waals surface area contributed by atoms with Crippen molar-refractivity contribution in [1.82, 2.24) is 10.3 Å². The predicted molar refractivity (Wildman–Crippen MR) is 95.5 cm³/mol. The molecule has 0 saturated carbocycles. The van der Waals surface area contributed by atoms with Crippen molar-refractivity contribution in [3.05, 3.63) is 77.2 Å². The van der Waals surface area contributed by atoms with E-state index in [1.165, 1.54) is 49.4 Å². The highest BCUT2D eigenvalue weighted by Crippen LogP contribution is 2.25. The predicted octanol–water partition coefficient (Wildman–Crippen LogP) is 3.87. The Balaban J connectivity index is 1.89. The van der Waals surface area contributed by atoms with E-state index in [9.17, 15) is 18.4 Å². The van der Waals surface area contributed by atoms with Gasteiger partial charge in [-0.15, -0.1) is 0 Å². The number of carbonyl (C=O) groups is 2. The minimum Gasteiger partial charge on any atom is -0.481 e. The first kappa shape index (κ1) is 19.2. The molecule has 1 aromatic heterocycles. The van der Waals surface area contributed by atoms with Crippen molar-refractivity contribution >= 4 is 11.9 Å². The van der Waals surface area contributed by atoms with Crippen LogP contribution in [0.5, 0.6) is 0 Å². The Morgan fingerprint density at radius 1 is 1.11 bits per heavy atom. The van der Waals surface area contributed by atoms with Crippen LogP contribution in [0.2, 0.25) is 0 Å². The van der Waals surface area contributed by atoms with Crippen molar-refractivity contribution in [2.45, 2.75) is 19.4 Å². The summed E-state index contributed by atoms with van der Waals surface area (Å²) >= 11 is 0. The quantitative estimate of drug-likeness (QED) is 0.671. The molecule has 0 bridgehead atoms. The number of aryl methyl sites for hydroxylation is 1. The summed E-state index contributed by atoms with van der Waals surface area (Å²) in [6.45, 7) is 1.47. The fraction of sp³-hybridized carbons (Fsp3) is 0.150. The highest BCUT2D eigenvalue weighted by molar-refractivity contribution is 5.94. The average molecular weight is 386 g/mol. The van der Waals surface area contributed by atoms with Gasteiger partial charge in [-0.3, -0.25) is 9.59 Å². The maximum Gasteiger partial charge on any atom is 0.305 e. The molecule has 0 aliphatic rings. The summed E-state index contributed by atoms with van der Waals surface area (Å²) in [6.07, 6.45) is -0.524. The van der Waals surface area contributed by atoms with Gasteiger partial charge in [-0.2, -0.15) is 0 Å². The first-order valence-electron chi connectivity index (χ1n) is 8.36. The van der Waals surface area contributed by atoms with Gasteiger partial charge in [0, 0.05) is 5.56 Å². The van der Waals surface area contributed by atoms with Crippen molar-refractivity contribution in [3.63, 3.8) is 0 Å². The second-order valence-corrected chi connectivity index (χ2v) is 6.05. The van der Waals surface area contributed by atoms with Gasteiger partial charge in [0.1, 0.15) is 17.4 Å². The van der Waals surface area contributed by atoms with Crippen LogP contribution in [0.3, 0.4) is 0 Å². The Morgan fingerprint density at radius 3 is 2.39 bits per heavy atom. The van der Waals surface area contributed by atoms with Crippen LogP contribution < -0.4 is 5.32 Å². The number of benzene rings is 2. The van der Waals surface area contributed by atoms with Crippen molar-refractivity contribution in [3.8, 4) is 11.5 Å². The van der Waals surface area contributed by atoms with E-state index in [0.717, 1.165) is 0 Å². The molecule has 6 nitrogen and oxygen atoms in total. The zero-order valence-electron chi connectivity index (χ0n) is 14.8. The minimum atomic E-state index is -1.21. The summed E-state index contributed by atoms with van der Waals surface area (Å²) in [7, 11) is 0. The van der Waals surface area contributed by atoms with Gasteiger partial charge in [-0.05, 0) is 25.1 Å². The number of aliphatic carboxylic acids is 1. The summed E-state index contributed by atoms with van der Waals surface area (Å²) in [5.74, 6) is -3.13. The molecular weight excluding hydrogens is 370 g/mol. The number of halogens is 2. The van der Waals surface area contributed by atoms with E-state index >= 15 is 0 Å². The molecule has 0 spiro atoms. The number of amides is 1. The second kappa shape index (κ2) is 7.99. The van der Waals surface area contributed by atoms with E-state index in [0.29, 0.717) is 0 Å². The number of nitrogens with one attached hydrogen (secondary N) is 1. The molecular formula is C20H16F2N2O4. The fourth-order valence-corrected chi connectivity index (χ4v) is 2.75. The Morgan fingerprint density at radius 2 is 1.75 bits per heavy atom. The maximum atomic E-state index is 14.1. The Hall–Kier alpha value is -3.55. The van der Waals surface area contributed by atoms with Gasteiger partial charge in [-0.1, -0.05) is 30.3 Å². The highest BCUT2D eigenvalue weighted by atomic mass is 19.1. The molecule has 0 saturated heterocycles. The molecule has 0 aliphatic carbocycles. The lowest BCUT2D eigenvalue weighted by Crippen LogP contribution is -2.31. The van der Waals surface area contributed by atoms with Crippen LogP contribution in [-0.2, 0) is 4.79 Å². The van der Waals surface area contributed by atoms with Crippen LogP contribution in [-0.4, -0.2) is 22.0 Å². The zero-order valence-corrected chi connectivity index (χ0v) is 14.8. The number of carboxylic acid groups (broad SMARTS) is 1. The van der Waals surface area contributed by atoms with Crippen molar-refractivity contribution in [2.75, 3.05) is 0 Å². The lowest BCUT2D eigenvalue weighted by atomic mass is 10.0. The van der Waals surface area contributed by atoms with Gasteiger partial charge in [0.25, 0.3) is 5.91 Å². The first-order valence-corrected chi connectivity index (χ1v) is 8.36. The highest BCUT2D eigenvalue weighted by Gasteiger charge is 2.25. The van der Waals surface area contributed by atoms with Crippen LogP contribution in [0.15, 0.2) is 52.9 Å². The van der Waals surface area contributed by atoms with Gasteiger partial charge in [0.2, 0.25) is 5.89 Å². The second-order valence-electron chi connectivity index (χ2n) is 6.05. The first-order chi connectivity index (χ1) is 13.4. The third-order valence-corrected chi connectivity index (χ3v) is 4.08. The smallest absolute Gasteiger partial charge is 0.305 e. The molecule has 8 heteroatoms. The Kier molecular flexibility index (Phi) is 5.49. The topological polar surface area (TPSA) is 92.4 Å². The zero-order chi connectivity index (χ0) is 20.3. The molecule has 144 valence electrons. The number of oxazole rings is 1. The monoisotopic (exact) mass is 386 g/mol. The van der Waals surface area contributed by atoms with E-state index in [1.807, 2.05) is 0 Å². The van der Waals surface area contributed by atoms with Gasteiger partial charge in [-0.25, -0.2) is 13.8 Å². The number of hydrogen-bond acceptors (Lipinski definition) is 4. The summed E-state index contributed by atoms with van der Waals surface area (Å²) in [4.78, 5) is 27.8. The normalized spacial score (nSPS) is 11.8. The minimum absolute atomic E-state index is 0.0359. The third-order valence-electron chi connectivity index (χ3n) is 4.08. The SMILES string of the molecule is Cc1oc(-c2ccccc2F)nc1C(=O)N[C@@H](CC(=O)O)c1ccccc1F. The molecule has 1 atom stereocenters. The Bertz CT molecular complexity index is 1030. The molecule has 1 amide bonds. The van der Waals surface area contributed by atoms with Crippen LogP contribution in [0, 0.1) is 18.6 Å². The number of rotatable bonds is 6. The number of hydrogen-bond donors (Lipinski definition) is 2. The van der Waals surface area contributed by atoms with Crippen molar-refractivity contribution < 1.29 is 27.9 Å².